The van der Waals surface area contributed by atoms with Gasteiger partial charge in [0, 0.05) is 67.2 Å². The number of carbonyl (C=O) groups excluding carboxylic acids is 1. The lowest BCUT2D eigenvalue weighted by Gasteiger charge is -2.41. The third-order valence-electron chi connectivity index (χ3n) is 6.70. The fourth-order valence-corrected chi connectivity index (χ4v) is 5.37. The molecule has 188 valence electrons. The first-order valence-electron chi connectivity index (χ1n) is 11.8. The van der Waals surface area contributed by atoms with Crippen molar-refractivity contribution in [1.29, 1.82) is 0 Å². The summed E-state index contributed by atoms with van der Waals surface area (Å²) in [6.07, 6.45) is 7.23. The van der Waals surface area contributed by atoms with E-state index in [1.807, 2.05) is 17.4 Å². The Kier molecular flexibility index (Phi) is 7.27. The van der Waals surface area contributed by atoms with Gasteiger partial charge in [0.2, 0.25) is 5.95 Å². The molecule has 1 aromatic carbocycles. The van der Waals surface area contributed by atoms with Crippen LogP contribution in [0.25, 0.3) is 0 Å². The maximum Gasteiger partial charge on any atom is 0.254 e. The number of nitrogens with zero attached hydrogens (tertiary/aromatic N) is 5. The molecule has 1 saturated heterocycles. The molecule has 4 heterocycles. The second kappa shape index (κ2) is 10.6. The molecule has 0 saturated carbocycles. The van der Waals surface area contributed by atoms with E-state index in [-0.39, 0.29) is 17.0 Å². The lowest BCUT2D eigenvalue weighted by molar-refractivity contribution is 0.0460. The van der Waals surface area contributed by atoms with E-state index in [9.17, 15) is 9.18 Å². The van der Waals surface area contributed by atoms with Crippen molar-refractivity contribution in [3.63, 3.8) is 0 Å². The number of anilines is 3. The van der Waals surface area contributed by atoms with Crippen molar-refractivity contribution in [1.82, 2.24) is 24.8 Å². The molecule has 2 aliphatic heterocycles. The highest BCUT2D eigenvalue weighted by molar-refractivity contribution is 7.99. The molecule has 1 fully saturated rings. The Bertz CT molecular complexity index is 1280. The van der Waals surface area contributed by atoms with Crippen LogP contribution in [0.15, 0.2) is 42.7 Å². The molecule has 8 nitrogen and oxygen atoms in total. The second-order valence-electron chi connectivity index (χ2n) is 9.09. The summed E-state index contributed by atoms with van der Waals surface area (Å²) < 4.78 is 16.5. The van der Waals surface area contributed by atoms with E-state index < -0.39 is 5.82 Å². The number of nitrogens with one attached hydrogen (secondary N) is 2. The summed E-state index contributed by atoms with van der Waals surface area (Å²) in [6.45, 7) is 4.34. The number of likely N-dealkylation sites (tertiary alicyclic amines) is 1. The van der Waals surface area contributed by atoms with Crippen LogP contribution in [0, 0.1) is 5.82 Å². The van der Waals surface area contributed by atoms with Gasteiger partial charge in [-0.2, -0.15) is 0 Å². The summed E-state index contributed by atoms with van der Waals surface area (Å²) in [6, 6.07) is 8.49. The van der Waals surface area contributed by atoms with E-state index in [0.29, 0.717) is 35.6 Å². The van der Waals surface area contributed by atoms with E-state index in [0.717, 1.165) is 37.2 Å². The first-order valence-corrected chi connectivity index (χ1v) is 13.4. The number of benzene rings is 1. The first-order chi connectivity index (χ1) is 17.4. The van der Waals surface area contributed by atoms with Crippen molar-refractivity contribution in [3.8, 4) is 0 Å². The normalized spacial score (nSPS) is 19.7. The molecular formula is C25H27ClFN7OS. The van der Waals surface area contributed by atoms with Gasteiger partial charge in [0.25, 0.3) is 5.91 Å². The molecule has 2 atom stereocenters. The molecule has 0 spiro atoms. The Balaban J connectivity index is 1.21. The lowest BCUT2D eigenvalue weighted by atomic mass is 9.96. The van der Waals surface area contributed by atoms with Gasteiger partial charge >= 0.3 is 0 Å². The number of rotatable bonds is 6. The molecule has 0 aliphatic carbocycles. The lowest BCUT2D eigenvalue weighted by Crippen LogP contribution is -2.50. The Morgan fingerprint density at radius 3 is 2.86 bits per heavy atom. The van der Waals surface area contributed by atoms with Crippen molar-refractivity contribution >= 4 is 46.9 Å². The second-order valence-corrected chi connectivity index (χ2v) is 10.1. The SMILES string of the molecule is CSNc1cc(C(=O)N2CC[C@H](N3Cc4cnc(Nc5ccc(F)c(Cl)c5)nc4C3)C[C@H]2C)ccn1. The summed E-state index contributed by atoms with van der Waals surface area (Å²) in [7, 11) is 0. The molecule has 11 heteroatoms. The van der Waals surface area contributed by atoms with Crippen molar-refractivity contribution in [2.24, 2.45) is 0 Å². The number of hydrogen-bond donors (Lipinski definition) is 2. The standard InChI is InChI=1S/C25H27ClFN7OS/c1-15-9-19(6-8-34(15)24(35)16-5-7-28-23(10-16)32-36-2)33-13-17-12-29-25(31-22(17)14-33)30-18-3-4-21(27)20(26)11-18/h3-5,7,10-12,15,19H,6,8-9,13-14H2,1-2H3,(H,28,32)(H,29,30,31)/t15-,19+/m1/s1. The number of amides is 1. The van der Waals surface area contributed by atoms with Crippen LogP contribution in [0.4, 0.5) is 21.8 Å². The third kappa shape index (κ3) is 5.25. The molecular weight excluding hydrogens is 501 g/mol. The monoisotopic (exact) mass is 527 g/mol. The van der Waals surface area contributed by atoms with E-state index in [4.69, 9.17) is 16.6 Å². The zero-order chi connectivity index (χ0) is 25.2. The topological polar surface area (TPSA) is 86.3 Å². The Morgan fingerprint density at radius 2 is 2.08 bits per heavy atom. The summed E-state index contributed by atoms with van der Waals surface area (Å²) in [5, 5.41) is 3.15. The van der Waals surface area contributed by atoms with Gasteiger partial charge < -0.3 is 14.9 Å². The molecule has 0 unspecified atom stereocenters. The van der Waals surface area contributed by atoms with Crippen LogP contribution < -0.4 is 10.0 Å². The van der Waals surface area contributed by atoms with Crippen molar-refractivity contribution in [2.45, 2.75) is 44.9 Å². The average Bonchev–Trinajstić information content (AvgIpc) is 3.30. The van der Waals surface area contributed by atoms with Crippen molar-refractivity contribution in [2.75, 3.05) is 22.8 Å². The van der Waals surface area contributed by atoms with Crippen molar-refractivity contribution < 1.29 is 9.18 Å². The van der Waals surface area contributed by atoms with Gasteiger partial charge in [0.1, 0.15) is 11.6 Å². The highest BCUT2D eigenvalue weighted by Crippen LogP contribution is 2.31. The molecule has 2 N–H and O–H groups in total. The summed E-state index contributed by atoms with van der Waals surface area (Å²) in [5.74, 6) is 0.718. The summed E-state index contributed by atoms with van der Waals surface area (Å²) in [5.41, 5.74) is 3.37. The molecule has 1 amide bonds. The number of hydrogen-bond acceptors (Lipinski definition) is 8. The molecule has 5 rings (SSSR count). The highest BCUT2D eigenvalue weighted by Gasteiger charge is 2.35. The van der Waals surface area contributed by atoms with Gasteiger partial charge in [-0.3, -0.25) is 9.69 Å². The van der Waals surface area contributed by atoms with Crippen LogP contribution in [0.5, 0.6) is 0 Å². The number of pyridine rings is 1. The van der Waals surface area contributed by atoms with Crippen molar-refractivity contribution in [3.05, 3.63) is 70.4 Å². The molecule has 2 aliphatic rings. The van der Waals surface area contributed by atoms with Gasteiger partial charge in [-0.1, -0.05) is 23.5 Å². The van der Waals surface area contributed by atoms with Crippen LogP contribution in [0.1, 0.15) is 41.4 Å². The zero-order valence-corrected chi connectivity index (χ0v) is 21.6. The van der Waals surface area contributed by atoms with Gasteiger partial charge in [0.15, 0.2) is 0 Å². The smallest absolute Gasteiger partial charge is 0.254 e. The minimum absolute atomic E-state index is 0.0414. The van der Waals surface area contributed by atoms with E-state index in [1.54, 1.807) is 24.4 Å². The Morgan fingerprint density at radius 1 is 1.22 bits per heavy atom. The van der Waals surface area contributed by atoms with Gasteiger partial charge in [-0.05, 0) is 50.1 Å². The number of fused-ring (bicyclic) bond motifs is 1. The van der Waals surface area contributed by atoms with Crippen LogP contribution in [0.2, 0.25) is 5.02 Å². The quantitative estimate of drug-likeness (QED) is 0.428. The maximum atomic E-state index is 13.4. The first kappa shape index (κ1) is 24.7. The molecule has 36 heavy (non-hydrogen) atoms. The Labute approximate surface area is 218 Å². The molecule has 2 aromatic heterocycles. The average molecular weight is 528 g/mol. The predicted octanol–water partition coefficient (Wildman–Crippen LogP) is 5.11. The van der Waals surface area contributed by atoms with E-state index in [2.05, 4.69) is 31.8 Å². The Hall–Kier alpha value is -2.95. The maximum absolute atomic E-state index is 13.4. The number of piperidine rings is 1. The molecule has 0 radical (unpaired) electrons. The fourth-order valence-electron chi connectivity index (χ4n) is 4.87. The molecule has 3 aromatic rings. The minimum atomic E-state index is -0.465. The van der Waals surface area contributed by atoms with E-state index >= 15 is 0 Å². The minimum Gasteiger partial charge on any atom is -0.336 e. The molecule has 0 bridgehead atoms. The third-order valence-corrected chi connectivity index (χ3v) is 7.40. The highest BCUT2D eigenvalue weighted by atomic mass is 35.5. The summed E-state index contributed by atoms with van der Waals surface area (Å²) in [4.78, 5) is 31.0. The summed E-state index contributed by atoms with van der Waals surface area (Å²) >= 11 is 7.33. The van der Waals surface area contributed by atoms with Crippen LogP contribution in [-0.4, -0.2) is 55.5 Å². The fraction of sp³-hybridized carbons (Fsp3) is 0.360. The number of halogens is 2. The number of aromatic nitrogens is 3. The van der Waals surface area contributed by atoms with Crippen LogP contribution >= 0.6 is 23.5 Å². The zero-order valence-electron chi connectivity index (χ0n) is 20.0. The van der Waals surface area contributed by atoms with Gasteiger partial charge in [0.05, 0.1) is 10.7 Å². The van der Waals surface area contributed by atoms with Crippen LogP contribution in [-0.2, 0) is 13.1 Å². The predicted molar refractivity (Wildman–Crippen MR) is 141 cm³/mol. The largest absolute Gasteiger partial charge is 0.336 e. The van der Waals surface area contributed by atoms with Gasteiger partial charge in [-0.15, -0.1) is 0 Å². The van der Waals surface area contributed by atoms with Crippen LogP contribution in [0.3, 0.4) is 0 Å². The van der Waals surface area contributed by atoms with Gasteiger partial charge in [-0.25, -0.2) is 19.3 Å². The van der Waals surface area contributed by atoms with E-state index in [1.165, 1.54) is 24.1 Å². The number of carbonyl (C=O) groups is 1.